The number of carbonyl (C=O) groups is 1. The van der Waals surface area contributed by atoms with E-state index in [9.17, 15) is 4.79 Å². The third kappa shape index (κ3) is 6.93. The number of morpholine rings is 1. The van der Waals surface area contributed by atoms with E-state index in [0.29, 0.717) is 34.8 Å². The summed E-state index contributed by atoms with van der Waals surface area (Å²) < 4.78 is 39.8. The number of rotatable bonds is 11. The van der Waals surface area contributed by atoms with E-state index in [0.717, 1.165) is 56.1 Å². The van der Waals surface area contributed by atoms with Crippen LogP contribution in [-0.4, -0.2) is 77.3 Å². The van der Waals surface area contributed by atoms with Gasteiger partial charge in [0.1, 0.15) is 5.75 Å². The van der Waals surface area contributed by atoms with E-state index >= 15 is 4.39 Å². The number of hydrogen-bond donors (Lipinski definition) is 1. The van der Waals surface area contributed by atoms with E-state index in [4.69, 9.17) is 18.9 Å². The van der Waals surface area contributed by atoms with Crippen molar-refractivity contribution in [3.05, 3.63) is 89.6 Å². The Morgan fingerprint density at radius 1 is 1.00 bits per heavy atom. The van der Waals surface area contributed by atoms with Crippen LogP contribution in [0.3, 0.4) is 0 Å². The Hall–Kier alpha value is -5.07. The summed E-state index contributed by atoms with van der Waals surface area (Å²) >= 11 is 0. The zero-order valence-electron chi connectivity index (χ0n) is 26.0. The highest BCUT2D eigenvalue weighted by molar-refractivity contribution is 6.02. The number of para-hydroxylation sites is 1. The first-order valence-electron chi connectivity index (χ1n) is 15.1. The van der Waals surface area contributed by atoms with Gasteiger partial charge in [0.15, 0.2) is 28.8 Å². The van der Waals surface area contributed by atoms with Crippen molar-refractivity contribution in [3.8, 4) is 28.7 Å². The number of ether oxygens (including phenoxy) is 4. The number of aromatic nitrogens is 4. The molecule has 0 unspecified atom stereocenters. The van der Waals surface area contributed by atoms with Gasteiger partial charge in [-0.15, -0.1) is 5.10 Å². The number of aryl methyl sites for hydroxylation is 2. The average Bonchev–Trinajstić information content (AvgIpc) is 3.54. The van der Waals surface area contributed by atoms with Crippen molar-refractivity contribution in [1.29, 1.82) is 0 Å². The smallest absolute Gasteiger partial charge is 0.277 e. The predicted octanol–water partition coefficient (Wildman–Crippen LogP) is 5.73. The van der Waals surface area contributed by atoms with Gasteiger partial charge in [-0.2, -0.15) is 0 Å². The third-order valence-electron chi connectivity index (χ3n) is 7.77. The molecule has 0 aliphatic carbocycles. The van der Waals surface area contributed by atoms with Crippen LogP contribution >= 0.6 is 0 Å². The number of methoxy groups -OCH3 is 1. The number of nitrogens with one attached hydrogen (secondary N) is 1. The summed E-state index contributed by atoms with van der Waals surface area (Å²) in [7, 11) is 1.57. The topological polar surface area (TPSA) is 113 Å². The number of hydrogen-bond acceptors (Lipinski definition) is 9. The minimum absolute atomic E-state index is 0.0196. The summed E-state index contributed by atoms with van der Waals surface area (Å²) in [4.78, 5) is 19.7. The number of nitrogens with zero attached hydrogens (tertiary/aromatic N) is 5. The Kier molecular flexibility index (Phi) is 9.36. The maximum Gasteiger partial charge on any atom is 0.277 e. The number of carbonyl (C=O) groups excluding carboxylic acids is 1. The lowest BCUT2D eigenvalue weighted by Crippen LogP contribution is -2.37. The Morgan fingerprint density at radius 2 is 1.80 bits per heavy atom. The van der Waals surface area contributed by atoms with Gasteiger partial charge < -0.3 is 24.3 Å². The third-order valence-corrected chi connectivity index (χ3v) is 7.77. The summed E-state index contributed by atoms with van der Waals surface area (Å²) in [6.45, 7) is 8.77. The molecule has 2 aromatic heterocycles. The van der Waals surface area contributed by atoms with Gasteiger partial charge >= 0.3 is 0 Å². The van der Waals surface area contributed by atoms with E-state index in [1.807, 2.05) is 32.0 Å². The normalized spacial score (nSPS) is 13.5. The Balaban J connectivity index is 1.12. The molecule has 3 heterocycles. The van der Waals surface area contributed by atoms with Crippen LogP contribution in [0.4, 0.5) is 10.1 Å². The molecule has 11 nitrogen and oxygen atoms in total. The highest BCUT2D eigenvalue weighted by Gasteiger charge is 2.17. The van der Waals surface area contributed by atoms with Gasteiger partial charge in [0.25, 0.3) is 5.91 Å². The van der Waals surface area contributed by atoms with Crippen LogP contribution in [0.2, 0.25) is 0 Å². The molecule has 1 fully saturated rings. The predicted molar refractivity (Wildman–Crippen MR) is 171 cm³/mol. The van der Waals surface area contributed by atoms with Crippen molar-refractivity contribution in [3.63, 3.8) is 0 Å². The number of benzene rings is 3. The van der Waals surface area contributed by atoms with E-state index in [-0.39, 0.29) is 17.1 Å². The number of pyridine rings is 1. The fraction of sp³-hybridized carbons (Fsp3) is 0.294. The first kappa shape index (κ1) is 30.9. The Bertz CT molecular complexity index is 1840. The Morgan fingerprint density at radius 3 is 2.57 bits per heavy atom. The number of amides is 1. The van der Waals surface area contributed by atoms with Gasteiger partial charge in [0.2, 0.25) is 0 Å². The van der Waals surface area contributed by atoms with Crippen molar-refractivity contribution < 1.29 is 28.1 Å². The molecule has 46 heavy (non-hydrogen) atoms. The molecule has 0 radical (unpaired) electrons. The van der Waals surface area contributed by atoms with Crippen molar-refractivity contribution in [2.75, 3.05) is 51.9 Å². The molecule has 1 aliphatic rings. The molecule has 1 saturated heterocycles. The molecule has 238 valence electrons. The first-order valence-corrected chi connectivity index (χ1v) is 15.1. The average molecular weight is 627 g/mol. The van der Waals surface area contributed by atoms with Gasteiger partial charge in [0.05, 0.1) is 44.3 Å². The quantitative estimate of drug-likeness (QED) is 0.184. The van der Waals surface area contributed by atoms with Crippen LogP contribution in [0.15, 0.2) is 67.0 Å². The summed E-state index contributed by atoms with van der Waals surface area (Å²) in [5.41, 5.74) is 3.80. The van der Waals surface area contributed by atoms with Gasteiger partial charge in [-0.05, 0) is 55.7 Å². The molecule has 6 rings (SSSR count). The second-order valence-corrected chi connectivity index (χ2v) is 11.0. The monoisotopic (exact) mass is 626 g/mol. The van der Waals surface area contributed by atoms with Crippen molar-refractivity contribution in [2.45, 2.75) is 20.3 Å². The lowest BCUT2D eigenvalue weighted by Gasteiger charge is -2.26. The van der Waals surface area contributed by atoms with Gasteiger partial charge in [-0.3, -0.25) is 14.7 Å². The van der Waals surface area contributed by atoms with Gasteiger partial charge in [-0.25, -0.2) is 9.07 Å². The van der Waals surface area contributed by atoms with E-state index < -0.39 is 11.7 Å². The molecular weight excluding hydrogens is 591 g/mol. The van der Waals surface area contributed by atoms with E-state index in [1.165, 1.54) is 12.1 Å². The molecular formula is C34H35FN6O5. The summed E-state index contributed by atoms with van der Waals surface area (Å²) in [5, 5.41) is 11.4. The SMILES string of the molecule is COc1cc2c(Oc3ccc(NC(=O)c4cn(-c5c(C)cccc5C)nn4)cc3F)ccnc2cc1OCCCN1CCOCC1. The summed E-state index contributed by atoms with van der Waals surface area (Å²) in [6, 6.07) is 15.3. The number of fused-ring (bicyclic) bond motifs is 1. The lowest BCUT2D eigenvalue weighted by atomic mass is 10.1. The van der Waals surface area contributed by atoms with Crippen LogP contribution in [-0.2, 0) is 4.74 Å². The molecule has 1 amide bonds. The molecule has 0 bridgehead atoms. The van der Waals surface area contributed by atoms with Crippen LogP contribution in [0, 0.1) is 19.7 Å². The first-order chi connectivity index (χ1) is 22.4. The second kappa shape index (κ2) is 13.9. The minimum Gasteiger partial charge on any atom is -0.493 e. The van der Waals surface area contributed by atoms with Crippen LogP contribution in [0.1, 0.15) is 28.0 Å². The highest BCUT2D eigenvalue weighted by atomic mass is 19.1. The number of anilines is 1. The van der Waals surface area contributed by atoms with Gasteiger partial charge in [-0.1, -0.05) is 23.4 Å². The zero-order chi connectivity index (χ0) is 32.0. The zero-order valence-corrected chi connectivity index (χ0v) is 26.0. The summed E-state index contributed by atoms with van der Waals surface area (Å²) in [6.07, 6.45) is 3.99. The minimum atomic E-state index is -0.658. The van der Waals surface area contributed by atoms with Crippen LogP contribution < -0.4 is 19.5 Å². The lowest BCUT2D eigenvalue weighted by molar-refractivity contribution is 0.0357. The Labute approximate surface area is 265 Å². The van der Waals surface area contributed by atoms with Crippen molar-refractivity contribution >= 4 is 22.5 Å². The van der Waals surface area contributed by atoms with E-state index in [2.05, 4.69) is 25.5 Å². The van der Waals surface area contributed by atoms with E-state index in [1.54, 1.807) is 48.5 Å². The molecule has 0 spiro atoms. The van der Waals surface area contributed by atoms with Gasteiger partial charge in [0, 0.05) is 49.0 Å². The second-order valence-electron chi connectivity index (χ2n) is 11.0. The largest absolute Gasteiger partial charge is 0.493 e. The fourth-order valence-electron chi connectivity index (χ4n) is 5.40. The molecule has 1 N–H and O–H groups in total. The molecule has 0 saturated carbocycles. The summed E-state index contributed by atoms with van der Waals surface area (Å²) in [5.74, 6) is 0.285. The van der Waals surface area contributed by atoms with Crippen LogP contribution in [0.5, 0.6) is 23.0 Å². The molecule has 12 heteroatoms. The fourth-order valence-corrected chi connectivity index (χ4v) is 5.40. The maximum absolute atomic E-state index is 15.2. The molecule has 0 atom stereocenters. The molecule has 1 aliphatic heterocycles. The standard InChI is InChI=1S/C34H35FN6O5/c1-22-6-4-7-23(2)33(22)41-21-28(38-39-41)34(42)37-24-8-9-30(26(35)18-24)46-29-10-11-36-27-20-32(31(43-3)19-25(27)29)45-15-5-12-40-13-16-44-17-14-40/h4,6-11,18-21H,5,12-17H2,1-3H3,(H,37,42). The number of halogens is 1. The van der Waals surface area contributed by atoms with Crippen molar-refractivity contribution in [2.24, 2.45) is 0 Å². The molecule has 5 aromatic rings. The highest BCUT2D eigenvalue weighted by Crippen LogP contribution is 2.38. The van der Waals surface area contributed by atoms with Crippen molar-refractivity contribution in [1.82, 2.24) is 24.9 Å². The van der Waals surface area contributed by atoms with Crippen LogP contribution in [0.25, 0.3) is 16.6 Å². The molecule has 3 aromatic carbocycles. The maximum atomic E-state index is 15.2.